The van der Waals surface area contributed by atoms with Gasteiger partial charge in [0.2, 0.25) is 0 Å². The van der Waals surface area contributed by atoms with Crippen LogP contribution in [0.15, 0.2) is 42.5 Å². The molecule has 0 aliphatic carbocycles. The Kier molecular flexibility index (Phi) is 5.90. The second-order valence-electron chi connectivity index (χ2n) is 5.92. The van der Waals surface area contributed by atoms with Gasteiger partial charge in [-0.1, -0.05) is 23.7 Å². The topological polar surface area (TPSA) is 47.3 Å². The van der Waals surface area contributed by atoms with E-state index < -0.39 is 12.2 Å². The molecule has 0 saturated carbocycles. The van der Waals surface area contributed by atoms with Gasteiger partial charge in [0.15, 0.2) is 0 Å². The number of ether oxygens (including phenoxy) is 1. The summed E-state index contributed by atoms with van der Waals surface area (Å²) in [6.07, 6.45) is -1.03. The molecule has 0 unspecified atom stereocenters. The van der Waals surface area contributed by atoms with Crippen LogP contribution >= 0.6 is 11.6 Å². The molecule has 1 heterocycles. The molecule has 9 heteroatoms. The fourth-order valence-corrected chi connectivity index (χ4v) is 2.93. The van der Waals surface area contributed by atoms with Crippen molar-refractivity contribution in [2.24, 2.45) is 0 Å². The summed E-state index contributed by atoms with van der Waals surface area (Å²) >= 11 is 6.06. The summed E-state index contributed by atoms with van der Waals surface area (Å²) in [4.78, 5) is 0. The van der Waals surface area contributed by atoms with Crippen molar-refractivity contribution in [3.63, 3.8) is 0 Å². The van der Waals surface area contributed by atoms with E-state index in [1.165, 1.54) is 35.0 Å². The lowest BCUT2D eigenvalue weighted by Crippen LogP contribution is -2.17. The first-order chi connectivity index (χ1) is 13.3. The molecule has 0 amide bonds. The van der Waals surface area contributed by atoms with Gasteiger partial charge in [0.25, 0.3) is 0 Å². The fraction of sp³-hybridized carbons (Fsp3) is 0.211. The molecule has 0 radical (unpaired) electrons. The van der Waals surface area contributed by atoms with E-state index in [4.69, 9.17) is 16.7 Å². The molecule has 0 atom stereocenters. The predicted molar refractivity (Wildman–Crippen MR) is 97.7 cm³/mol. The Balaban J connectivity index is 2.06. The number of rotatable bonds is 6. The number of hydrogen-bond acceptors (Lipinski definition) is 3. The summed E-state index contributed by atoms with van der Waals surface area (Å²) < 4.78 is 56.4. The SMILES string of the molecule is OCCC=Cc1nn(Cc2ccc(F)cc2Cl)c2cc(OC(F)(F)F)ccc12. The van der Waals surface area contributed by atoms with Crippen molar-refractivity contribution >= 4 is 28.6 Å². The Bertz CT molecular complexity index is 1020. The number of hydrogen-bond donors (Lipinski definition) is 1. The number of aliphatic hydroxyl groups excluding tert-OH is 1. The van der Waals surface area contributed by atoms with Crippen LogP contribution in [0.5, 0.6) is 5.75 Å². The van der Waals surface area contributed by atoms with Crippen LogP contribution in [-0.4, -0.2) is 27.9 Å². The van der Waals surface area contributed by atoms with Crippen molar-refractivity contribution in [3.8, 4) is 5.75 Å². The number of aliphatic hydroxyl groups is 1. The van der Waals surface area contributed by atoms with Gasteiger partial charge in [-0.2, -0.15) is 5.10 Å². The fourth-order valence-electron chi connectivity index (χ4n) is 2.70. The lowest BCUT2D eigenvalue weighted by atomic mass is 10.1. The van der Waals surface area contributed by atoms with E-state index in [2.05, 4.69) is 9.84 Å². The Morgan fingerprint density at radius 2 is 1.96 bits per heavy atom. The van der Waals surface area contributed by atoms with Gasteiger partial charge in [-0.15, -0.1) is 13.2 Å². The van der Waals surface area contributed by atoms with Crippen molar-refractivity contribution in [1.29, 1.82) is 0 Å². The monoisotopic (exact) mass is 414 g/mol. The highest BCUT2D eigenvalue weighted by molar-refractivity contribution is 6.31. The minimum absolute atomic E-state index is 0.0378. The van der Waals surface area contributed by atoms with Gasteiger partial charge < -0.3 is 9.84 Å². The minimum Gasteiger partial charge on any atom is -0.406 e. The zero-order valence-electron chi connectivity index (χ0n) is 14.4. The minimum atomic E-state index is -4.82. The highest BCUT2D eigenvalue weighted by Gasteiger charge is 2.31. The lowest BCUT2D eigenvalue weighted by molar-refractivity contribution is -0.274. The number of nitrogens with zero attached hydrogens (tertiary/aromatic N) is 2. The first kappa shape index (κ1) is 20.2. The van der Waals surface area contributed by atoms with Crippen LogP contribution in [0.3, 0.4) is 0 Å². The van der Waals surface area contributed by atoms with Gasteiger partial charge in [-0.3, -0.25) is 4.68 Å². The first-order valence-corrected chi connectivity index (χ1v) is 8.62. The summed E-state index contributed by atoms with van der Waals surface area (Å²) in [7, 11) is 0. The maximum atomic E-state index is 13.3. The quantitative estimate of drug-likeness (QED) is 0.566. The maximum absolute atomic E-state index is 13.3. The van der Waals surface area contributed by atoms with E-state index >= 15 is 0 Å². The number of halogens is 5. The molecule has 4 nitrogen and oxygen atoms in total. The van der Waals surface area contributed by atoms with E-state index in [1.54, 1.807) is 12.2 Å². The van der Waals surface area contributed by atoms with E-state index in [1.807, 2.05) is 0 Å². The van der Waals surface area contributed by atoms with Gasteiger partial charge in [0.05, 0.1) is 17.8 Å². The van der Waals surface area contributed by atoms with Crippen molar-refractivity contribution in [2.45, 2.75) is 19.3 Å². The second kappa shape index (κ2) is 8.20. The molecule has 2 aromatic carbocycles. The molecule has 3 rings (SSSR count). The molecule has 0 spiro atoms. The summed E-state index contributed by atoms with van der Waals surface area (Å²) in [5.41, 5.74) is 1.46. The average Bonchev–Trinajstić information content (AvgIpc) is 2.93. The third-order valence-electron chi connectivity index (χ3n) is 3.89. The highest BCUT2D eigenvalue weighted by atomic mass is 35.5. The predicted octanol–water partition coefficient (Wildman–Crippen LogP) is 5.17. The van der Waals surface area contributed by atoms with Crippen molar-refractivity contribution in [2.75, 3.05) is 6.61 Å². The van der Waals surface area contributed by atoms with Crippen molar-refractivity contribution < 1.29 is 27.4 Å². The molecule has 1 N–H and O–H groups in total. The lowest BCUT2D eigenvalue weighted by Gasteiger charge is -2.10. The van der Waals surface area contributed by atoms with Crippen molar-refractivity contribution in [3.05, 3.63) is 64.6 Å². The van der Waals surface area contributed by atoms with Crippen LogP contribution in [0.25, 0.3) is 17.0 Å². The summed E-state index contributed by atoms with van der Waals surface area (Å²) in [5, 5.41) is 14.1. The summed E-state index contributed by atoms with van der Waals surface area (Å²) in [6, 6.07) is 7.80. The normalized spacial score (nSPS) is 12.2. The average molecular weight is 415 g/mol. The largest absolute Gasteiger partial charge is 0.573 e. The van der Waals surface area contributed by atoms with Gasteiger partial charge in [-0.25, -0.2) is 4.39 Å². The molecule has 148 valence electrons. The number of benzene rings is 2. The zero-order chi connectivity index (χ0) is 20.3. The zero-order valence-corrected chi connectivity index (χ0v) is 15.1. The Labute approximate surface area is 162 Å². The van der Waals surface area contributed by atoms with Gasteiger partial charge in [0, 0.05) is 23.1 Å². The van der Waals surface area contributed by atoms with E-state index in [0.29, 0.717) is 28.6 Å². The van der Waals surface area contributed by atoms with Crippen molar-refractivity contribution in [1.82, 2.24) is 9.78 Å². The van der Waals surface area contributed by atoms with Crippen LogP contribution in [0.2, 0.25) is 5.02 Å². The standard InChI is InChI=1S/C19H15ClF4N2O2/c20-16-9-13(21)5-4-12(16)11-26-18-10-14(28-19(22,23)24)6-7-15(18)17(25-26)3-1-2-8-27/h1,3-7,9-10,27H,2,8,11H2. The third-order valence-corrected chi connectivity index (χ3v) is 4.24. The highest BCUT2D eigenvalue weighted by Crippen LogP contribution is 2.30. The molecule has 1 aromatic heterocycles. The van der Waals surface area contributed by atoms with E-state index in [-0.39, 0.29) is 23.9 Å². The Morgan fingerprint density at radius 1 is 1.18 bits per heavy atom. The molecular formula is C19H15ClF4N2O2. The molecule has 0 aliphatic heterocycles. The number of fused-ring (bicyclic) bond motifs is 1. The van der Waals surface area contributed by atoms with Crippen LogP contribution in [0.4, 0.5) is 17.6 Å². The van der Waals surface area contributed by atoms with Gasteiger partial charge in [0.1, 0.15) is 11.6 Å². The molecule has 28 heavy (non-hydrogen) atoms. The Hall–Kier alpha value is -2.58. The molecular weight excluding hydrogens is 400 g/mol. The smallest absolute Gasteiger partial charge is 0.406 e. The van der Waals surface area contributed by atoms with Crippen LogP contribution in [0.1, 0.15) is 17.7 Å². The van der Waals surface area contributed by atoms with Gasteiger partial charge in [-0.05, 0) is 42.3 Å². The molecule has 0 aliphatic rings. The number of alkyl halides is 3. The van der Waals surface area contributed by atoms with Crippen LogP contribution in [0, 0.1) is 5.82 Å². The van der Waals surface area contributed by atoms with Crippen LogP contribution in [-0.2, 0) is 6.54 Å². The van der Waals surface area contributed by atoms with Gasteiger partial charge >= 0.3 is 6.36 Å². The maximum Gasteiger partial charge on any atom is 0.573 e. The summed E-state index contributed by atoms with van der Waals surface area (Å²) in [6.45, 7) is 0.0861. The molecule has 3 aromatic rings. The van der Waals surface area contributed by atoms with Crippen LogP contribution < -0.4 is 4.74 Å². The Morgan fingerprint density at radius 3 is 2.64 bits per heavy atom. The third kappa shape index (κ3) is 4.82. The molecule has 0 bridgehead atoms. The molecule has 0 saturated heterocycles. The molecule has 0 fully saturated rings. The van der Waals surface area contributed by atoms with E-state index in [9.17, 15) is 17.6 Å². The summed E-state index contributed by atoms with van der Waals surface area (Å²) in [5.74, 6) is -0.871. The second-order valence-corrected chi connectivity index (χ2v) is 6.33. The van der Waals surface area contributed by atoms with E-state index in [0.717, 1.165) is 6.07 Å². The number of aromatic nitrogens is 2. The first-order valence-electron chi connectivity index (χ1n) is 8.24.